The van der Waals surface area contributed by atoms with Crippen molar-refractivity contribution < 1.29 is 19.0 Å². The van der Waals surface area contributed by atoms with E-state index >= 15 is 0 Å². The number of aromatic nitrogens is 2. The summed E-state index contributed by atoms with van der Waals surface area (Å²) >= 11 is 0. The molecule has 0 amide bonds. The van der Waals surface area contributed by atoms with Crippen LogP contribution in [-0.4, -0.2) is 41.8 Å². The smallest absolute Gasteiger partial charge is 0.339 e. The van der Waals surface area contributed by atoms with E-state index in [0.717, 1.165) is 47.2 Å². The van der Waals surface area contributed by atoms with E-state index in [2.05, 4.69) is 9.88 Å². The highest BCUT2D eigenvalue weighted by Gasteiger charge is 2.29. The minimum atomic E-state index is -0.349. The van der Waals surface area contributed by atoms with Gasteiger partial charge < -0.3 is 23.7 Å². The molecule has 0 aliphatic carbocycles. The van der Waals surface area contributed by atoms with Crippen LogP contribution in [0.3, 0.4) is 0 Å². The lowest BCUT2D eigenvalue weighted by atomic mass is 10.1. The summed E-state index contributed by atoms with van der Waals surface area (Å²) in [7, 11) is 1.39. The zero-order valence-electron chi connectivity index (χ0n) is 19.8. The molecule has 7 heteroatoms. The molecule has 7 nitrogen and oxygen atoms in total. The highest BCUT2D eigenvalue weighted by molar-refractivity contribution is 5.93. The molecule has 1 aliphatic heterocycles. The van der Waals surface area contributed by atoms with E-state index in [0.29, 0.717) is 12.2 Å². The molecule has 0 bridgehead atoms. The van der Waals surface area contributed by atoms with Crippen LogP contribution < -0.4 is 14.4 Å². The SMILES string of the molecule is COC(=O)c1ccccc1-n1ccc(N2CC(Oc3ccc(COc4ccc(C)nc4)cc3)C2)c1. The minimum Gasteiger partial charge on any atom is -0.487 e. The number of anilines is 1. The van der Waals surface area contributed by atoms with Gasteiger partial charge in [0.2, 0.25) is 0 Å². The van der Waals surface area contributed by atoms with Crippen molar-refractivity contribution in [1.29, 1.82) is 0 Å². The second-order valence-corrected chi connectivity index (χ2v) is 8.50. The summed E-state index contributed by atoms with van der Waals surface area (Å²) in [5.41, 5.74) is 4.45. The van der Waals surface area contributed by atoms with Gasteiger partial charge >= 0.3 is 5.97 Å². The van der Waals surface area contributed by atoms with Crippen LogP contribution in [0.2, 0.25) is 0 Å². The highest BCUT2D eigenvalue weighted by atomic mass is 16.5. The summed E-state index contributed by atoms with van der Waals surface area (Å²) in [5, 5.41) is 0. The number of rotatable bonds is 8. The molecule has 5 rings (SSSR count). The molecule has 0 N–H and O–H groups in total. The average molecular weight is 470 g/mol. The third-order valence-corrected chi connectivity index (χ3v) is 5.99. The number of carbonyl (C=O) groups excluding carboxylic acids is 1. The van der Waals surface area contributed by atoms with E-state index < -0.39 is 0 Å². The second kappa shape index (κ2) is 9.93. The van der Waals surface area contributed by atoms with Crippen molar-refractivity contribution in [2.45, 2.75) is 19.6 Å². The molecule has 1 aliphatic rings. The topological polar surface area (TPSA) is 65.8 Å². The molecular weight excluding hydrogens is 442 g/mol. The van der Waals surface area contributed by atoms with Crippen LogP contribution in [0.15, 0.2) is 85.3 Å². The monoisotopic (exact) mass is 469 g/mol. The Kier molecular flexibility index (Phi) is 6.39. The van der Waals surface area contributed by atoms with Gasteiger partial charge in [-0.3, -0.25) is 4.98 Å². The van der Waals surface area contributed by atoms with Crippen LogP contribution in [-0.2, 0) is 11.3 Å². The van der Waals surface area contributed by atoms with E-state index in [4.69, 9.17) is 14.2 Å². The lowest BCUT2D eigenvalue weighted by molar-refractivity contribution is 0.0600. The quantitative estimate of drug-likeness (QED) is 0.345. The summed E-state index contributed by atoms with van der Waals surface area (Å²) in [5.74, 6) is 1.26. The molecular formula is C28H27N3O4. The Morgan fingerprint density at radius 3 is 2.51 bits per heavy atom. The van der Waals surface area contributed by atoms with Gasteiger partial charge in [-0.1, -0.05) is 24.3 Å². The fraction of sp³-hybridized carbons (Fsp3) is 0.214. The minimum absolute atomic E-state index is 0.126. The van der Waals surface area contributed by atoms with Crippen molar-refractivity contribution in [2.24, 2.45) is 0 Å². The van der Waals surface area contributed by atoms with Gasteiger partial charge in [-0.2, -0.15) is 0 Å². The Bertz CT molecular complexity index is 1290. The van der Waals surface area contributed by atoms with Crippen LogP contribution in [0.5, 0.6) is 11.5 Å². The number of para-hydroxylation sites is 1. The first-order valence-electron chi connectivity index (χ1n) is 11.5. The van der Waals surface area contributed by atoms with E-state index in [1.807, 2.05) is 84.5 Å². The fourth-order valence-corrected chi connectivity index (χ4v) is 3.99. The Balaban J connectivity index is 1.13. The van der Waals surface area contributed by atoms with E-state index in [1.165, 1.54) is 7.11 Å². The number of pyridine rings is 1. The first-order valence-corrected chi connectivity index (χ1v) is 11.5. The van der Waals surface area contributed by atoms with Crippen molar-refractivity contribution >= 4 is 11.7 Å². The number of ether oxygens (including phenoxy) is 3. The lowest BCUT2D eigenvalue weighted by Crippen LogP contribution is -2.53. The van der Waals surface area contributed by atoms with E-state index in [9.17, 15) is 4.79 Å². The number of benzene rings is 2. The summed E-state index contributed by atoms with van der Waals surface area (Å²) in [6.45, 7) is 4.03. The number of nitrogens with zero attached hydrogens (tertiary/aromatic N) is 3. The molecule has 1 fully saturated rings. The molecule has 0 radical (unpaired) electrons. The van der Waals surface area contributed by atoms with Gasteiger partial charge in [0.05, 0.1) is 43.3 Å². The van der Waals surface area contributed by atoms with Gasteiger partial charge in [0.15, 0.2) is 0 Å². The Morgan fingerprint density at radius 2 is 1.77 bits per heavy atom. The first kappa shape index (κ1) is 22.5. The molecule has 2 aromatic heterocycles. The number of carbonyl (C=O) groups is 1. The van der Waals surface area contributed by atoms with Gasteiger partial charge in [0.25, 0.3) is 0 Å². The molecule has 0 atom stereocenters. The van der Waals surface area contributed by atoms with Crippen LogP contribution in [0, 0.1) is 6.92 Å². The molecule has 3 heterocycles. The van der Waals surface area contributed by atoms with Gasteiger partial charge in [-0.15, -0.1) is 0 Å². The zero-order valence-corrected chi connectivity index (χ0v) is 19.8. The fourth-order valence-electron chi connectivity index (χ4n) is 3.99. The molecule has 35 heavy (non-hydrogen) atoms. The Hall–Kier alpha value is -4.26. The molecule has 0 saturated carbocycles. The molecule has 2 aromatic carbocycles. The number of aryl methyl sites for hydroxylation is 1. The normalized spacial score (nSPS) is 13.3. The van der Waals surface area contributed by atoms with Crippen molar-refractivity contribution in [3.63, 3.8) is 0 Å². The maximum atomic E-state index is 12.1. The maximum absolute atomic E-state index is 12.1. The van der Waals surface area contributed by atoms with Gasteiger partial charge in [0.1, 0.15) is 24.2 Å². The highest BCUT2D eigenvalue weighted by Crippen LogP contribution is 2.27. The van der Waals surface area contributed by atoms with Crippen LogP contribution in [0.4, 0.5) is 5.69 Å². The largest absolute Gasteiger partial charge is 0.487 e. The molecule has 1 saturated heterocycles. The Labute approximate surface area is 204 Å². The van der Waals surface area contributed by atoms with Gasteiger partial charge in [-0.25, -0.2) is 4.79 Å². The Morgan fingerprint density at radius 1 is 1.00 bits per heavy atom. The summed E-state index contributed by atoms with van der Waals surface area (Å²) in [6, 6.07) is 21.3. The van der Waals surface area contributed by atoms with Crippen LogP contribution in [0.25, 0.3) is 5.69 Å². The van der Waals surface area contributed by atoms with Gasteiger partial charge in [0, 0.05) is 18.1 Å². The molecule has 0 unspecified atom stereocenters. The van der Waals surface area contributed by atoms with Crippen molar-refractivity contribution in [3.8, 4) is 17.2 Å². The van der Waals surface area contributed by atoms with Crippen LogP contribution in [0.1, 0.15) is 21.6 Å². The third-order valence-electron chi connectivity index (χ3n) is 5.99. The average Bonchev–Trinajstić information content (AvgIpc) is 3.35. The second-order valence-electron chi connectivity index (χ2n) is 8.50. The van der Waals surface area contributed by atoms with E-state index in [-0.39, 0.29) is 12.1 Å². The van der Waals surface area contributed by atoms with Crippen molar-refractivity contribution in [2.75, 3.05) is 25.1 Å². The van der Waals surface area contributed by atoms with Crippen LogP contribution >= 0.6 is 0 Å². The van der Waals surface area contributed by atoms with Gasteiger partial charge in [-0.05, 0) is 55.0 Å². The maximum Gasteiger partial charge on any atom is 0.339 e. The summed E-state index contributed by atoms with van der Waals surface area (Å²) in [4.78, 5) is 18.6. The lowest BCUT2D eigenvalue weighted by Gasteiger charge is -2.40. The number of methoxy groups -OCH3 is 1. The van der Waals surface area contributed by atoms with Crippen molar-refractivity contribution in [3.05, 3.63) is 102 Å². The molecule has 4 aromatic rings. The predicted octanol–water partition coefficient (Wildman–Crippen LogP) is 4.81. The first-order chi connectivity index (χ1) is 17.1. The number of hydrogen-bond donors (Lipinski definition) is 0. The third kappa shape index (κ3) is 5.14. The standard InChI is InChI=1S/C28H27N3O4/c1-20-7-10-24(15-29-20)34-19-21-8-11-23(12-9-21)35-25-17-31(18-25)22-13-14-30(16-22)27-6-4-3-5-26(27)28(32)33-2/h3-16,25H,17-19H2,1-2H3. The zero-order chi connectivity index (χ0) is 24.2. The molecule has 0 spiro atoms. The predicted molar refractivity (Wildman–Crippen MR) is 133 cm³/mol. The summed E-state index contributed by atoms with van der Waals surface area (Å²) in [6.07, 6.45) is 5.84. The number of hydrogen-bond acceptors (Lipinski definition) is 6. The summed E-state index contributed by atoms with van der Waals surface area (Å²) < 4.78 is 18.8. The van der Waals surface area contributed by atoms with Crippen molar-refractivity contribution in [1.82, 2.24) is 9.55 Å². The van der Waals surface area contributed by atoms with E-state index in [1.54, 1.807) is 12.3 Å². The molecule has 178 valence electrons. The number of esters is 1.